The molecule has 3 aromatic carbocycles. The second kappa shape index (κ2) is 8.13. The van der Waals surface area contributed by atoms with Crippen LogP contribution in [0, 0.1) is 11.6 Å². The Balaban J connectivity index is 1.66. The molecule has 1 aliphatic rings. The van der Waals surface area contributed by atoms with Crippen LogP contribution in [0.2, 0.25) is 5.02 Å². The van der Waals surface area contributed by atoms with E-state index >= 15 is 8.78 Å². The van der Waals surface area contributed by atoms with E-state index in [-0.39, 0.29) is 11.1 Å². The first-order chi connectivity index (χ1) is 15.8. The first kappa shape index (κ1) is 21.9. The van der Waals surface area contributed by atoms with Gasteiger partial charge in [0.1, 0.15) is 11.6 Å². The molecule has 1 aliphatic heterocycles. The number of halogens is 3. The third-order valence-electron chi connectivity index (χ3n) is 6.38. The van der Waals surface area contributed by atoms with Crippen molar-refractivity contribution < 1.29 is 13.9 Å². The fourth-order valence-electron chi connectivity index (χ4n) is 4.65. The van der Waals surface area contributed by atoms with Gasteiger partial charge in [0.15, 0.2) is 0 Å². The number of anilines is 1. The van der Waals surface area contributed by atoms with E-state index < -0.39 is 29.3 Å². The van der Waals surface area contributed by atoms with Crippen LogP contribution in [0.5, 0.6) is 0 Å². The number of hydrogen-bond acceptors (Lipinski definition) is 3. The highest BCUT2D eigenvalue weighted by atomic mass is 35.5. The van der Waals surface area contributed by atoms with Crippen LogP contribution in [0.1, 0.15) is 31.0 Å². The van der Waals surface area contributed by atoms with Crippen molar-refractivity contribution >= 4 is 28.2 Å². The highest BCUT2D eigenvalue weighted by Gasteiger charge is 2.43. The van der Waals surface area contributed by atoms with Crippen LogP contribution in [0.25, 0.3) is 22.0 Å². The van der Waals surface area contributed by atoms with Gasteiger partial charge in [-0.1, -0.05) is 60.1 Å². The van der Waals surface area contributed by atoms with Crippen molar-refractivity contribution in [3.63, 3.8) is 0 Å². The van der Waals surface area contributed by atoms with Crippen LogP contribution in [0.15, 0.2) is 60.8 Å². The molecule has 4 aromatic rings. The molecule has 0 fully saturated rings. The maximum atomic E-state index is 16.2. The molecule has 1 aromatic heterocycles. The number of aliphatic hydroxyl groups excluding tert-OH is 1. The van der Waals surface area contributed by atoms with Gasteiger partial charge in [-0.05, 0) is 25.5 Å². The number of aliphatic hydroxyl groups is 1. The summed E-state index contributed by atoms with van der Waals surface area (Å²) in [4.78, 5) is 3.02. The van der Waals surface area contributed by atoms with E-state index in [1.54, 1.807) is 24.4 Å². The monoisotopic (exact) mass is 467 g/mol. The molecule has 7 heteroatoms. The summed E-state index contributed by atoms with van der Waals surface area (Å²) in [7, 11) is 0. The van der Waals surface area contributed by atoms with Crippen LogP contribution in [0.4, 0.5) is 14.5 Å². The topological polar surface area (TPSA) is 60.1 Å². The average molecular weight is 468 g/mol. The molecule has 4 N–H and O–H groups in total. The van der Waals surface area contributed by atoms with Crippen LogP contribution in [-0.2, 0) is 6.54 Å². The molecule has 2 heterocycles. The van der Waals surface area contributed by atoms with Gasteiger partial charge in [-0.15, -0.1) is 0 Å². The van der Waals surface area contributed by atoms with Gasteiger partial charge in [0.2, 0.25) is 0 Å². The van der Waals surface area contributed by atoms with Crippen molar-refractivity contribution in [2.24, 2.45) is 0 Å². The predicted molar refractivity (Wildman–Crippen MR) is 128 cm³/mol. The number of H-pyrrole nitrogens is 1. The summed E-state index contributed by atoms with van der Waals surface area (Å²) in [5.41, 5.74) is 1.51. The van der Waals surface area contributed by atoms with Gasteiger partial charge in [0, 0.05) is 34.9 Å². The Labute approximate surface area is 195 Å². The second-order valence-corrected chi connectivity index (χ2v) is 9.42. The Morgan fingerprint density at radius 3 is 2.61 bits per heavy atom. The normalized spacial score (nSPS) is 19.3. The van der Waals surface area contributed by atoms with E-state index in [9.17, 15) is 5.11 Å². The standard InChI is InChI=1S/C26H24ClF2N3O/c1-26(2)25(33)24(30-12-14-7-4-3-5-8-14)21-19(32-26)11-18(28)20(22(21)29)16-10-6-9-15-17(27)13-31-23(15)16/h3-11,13,24-25,30-33H,12H2,1-2H3/t24-,25+/m1/s1. The summed E-state index contributed by atoms with van der Waals surface area (Å²) in [6.07, 6.45) is 0.638. The lowest BCUT2D eigenvalue weighted by molar-refractivity contribution is 0.0663. The third-order valence-corrected chi connectivity index (χ3v) is 6.69. The molecule has 2 atom stereocenters. The van der Waals surface area contributed by atoms with E-state index in [1.807, 2.05) is 44.2 Å². The van der Waals surface area contributed by atoms with E-state index in [1.165, 1.54) is 6.07 Å². The van der Waals surface area contributed by atoms with E-state index in [0.29, 0.717) is 33.7 Å². The van der Waals surface area contributed by atoms with Crippen LogP contribution < -0.4 is 10.6 Å². The second-order valence-electron chi connectivity index (χ2n) is 9.01. The first-order valence-corrected chi connectivity index (χ1v) is 11.2. The number of para-hydroxylation sites is 1. The zero-order chi connectivity index (χ0) is 23.3. The summed E-state index contributed by atoms with van der Waals surface area (Å²) >= 11 is 6.23. The van der Waals surface area contributed by atoms with Gasteiger partial charge in [-0.3, -0.25) is 0 Å². The fourth-order valence-corrected chi connectivity index (χ4v) is 4.86. The maximum absolute atomic E-state index is 16.2. The number of rotatable bonds is 4. The molecule has 170 valence electrons. The van der Waals surface area contributed by atoms with Gasteiger partial charge < -0.3 is 20.7 Å². The summed E-state index contributed by atoms with van der Waals surface area (Å²) in [6.45, 7) is 4.04. The lowest BCUT2D eigenvalue weighted by Gasteiger charge is -2.44. The molecule has 0 bridgehead atoms. The molecule has 4 nitrogen and oxygen atoms in total. The SMILES string of the molecule is CC1(C)Nc2cc(F)c(-c3cccc4c(Cl)c[nH]c34)c(F)c2[C@@H](NCc2ccccc2)[C@@H]1O. The molecule has 0 aliphatic carbocycles. The highest BCUT2D eigenvalue weighted by Crippen LogP contribution is 2.44. The molecule has 5 rings (SSSR count). The van der Waals surface area contributed by atoms with Crippen LogP contribution in [0.3, 0.4) is 0 Å². The van der Waals surface area contributed by atoms with Crippen LogP contribution in [-0.4, -0.2) is 21.7 Å². The molecular formula is C26H24ClF2N3O. The van der Waals surface area contributed by atoms with Crippen molar-refractivity contribution in [2.75, 3.05) is 5.32 Å². The minimum atomic E-state index is -0.961. The zero-order valence-corrected chi connectivity index (χ0v) is 19.0. The Morgan fingerprint density at radius 1 is 1.09 bits per heavy atom. The molecule has 0 spiro atoms. The molecule has 0 saturated heterocycles. The summed E-state index contributed by atoms with van der Waals surface area (Å²) in [6, 6.07) is 15.4. The number of aromatic nitrogens is 1. The zero-order valence-electron chi connectivity index (χ0n) is 18.2. The van der Waals surface area contributed by atoms with E-state index in [0.717, 1.165) is 5.56 Å². The van der Waals surface area contributed by atoms with Gasteiger partial charge in [-0.2, -0.15) is 0 Å². The summed E-state index contributed by atoms with van der Waals surface area (Å²) < 4.78 is 31.5. The van der Waals surface area contributed by atoms with E-state index in [2.05, 4.69) is 15.6 Å². The Morgan fingerprint density at radius 2 is 1.85 bits per heavy atom. The largest absolute Gasteiger partial charge is 0.389 e. The highest BCUT2D eigenvalue weighted by molar-refractivity contribution is 6.36. The van der Waals surface area contributed by atoms with Crippen molar-refractivity contribution in [1.29, 1.82) is 0 Å². The Kier molecular flexibility index (Phi) is 5.40. The van der Waals surface area contributed by atoms with Gasteiger partial charge in [0.25, 0.3) is 0 Å². The molecule has 33 heavy (non-hydrogen) atoms. The lowest BCUT2D eigenvalue weighted by atomic mass is 9.81. The average Bonchev–Trinajstić information content (AvgIpc) is 3.16. The number of fused-ring (bicyclic) bond motifs is 2. The Bertz CT molecular complexity index is 1340. The number of aromatic amines is 1. The van der Waals surface area contributed by atoms with Crippen molar-refractivity contribution in [2.45, 2.75) is 38.1 Å². The minimum absolute atomic E-state index is 0.155. The maximum Gasteiger partial charge on any atom is 0.140 e. The molecular weight excluding hydrogens is 444 g/mol. The Hall–Kier alpha value is -2.93. The predicted octanol–water partition coefficient (Wildman–Crippen LogP) is 6.16. The third kappa shape index (κ3) is 3.68. The molecule has 0 unspecified atom stereocenters. The quantitative estimate of drug-likeness (QED) is 0.290. The molecule has 0 amide bonds. The number of benzene rings is 3. The van der Waals surface area contributed by atoms with Gasteiger partial charge >= 0.3 is 0 Å². The molecule has 0 saturated carbocycles. The van der Waals surface area contributed by atoms with Gasteiger partial charge in [0.05, 0.1) is 33.8 Å². The van der Waals surface area contributed by atoms with Crippen molar-refractivity contribution in [3.8, 4) is 11.1 Å². The fraction of sp³-hybridized carbons (Fsp3) is 0.231. The minimum Gasteiger partial charge on any atom is -0.389 e. The van der Waals surface area contributed by atoms with Crippen molar-refractivity contribution in [3.05, 3.63) is 88.6 Å². The smallest absolute Gasteiger partial charge is 0.140 e. The first-order valence-electron chi connectivity index (χ1n) is 10.8. The van der Waals surface area contributed by atoms with E-state index in [4.69, 9.17) is 11.6 Å². The van der Waals surface area contributed by atoms with Crippen molar-refractivity contribution in [1.82, 2.24) is 10.3 Å². The summed E-state index contributed by atoms with van der Waals surface area (Å²) in [5, 5.41) is 18.7. The lowest BCUT2D eigenvalue weighted by Crippen LogP contribution is -2.54. The number of hydrogen-bond donors (Lipinski definition) is 4. The van der Waals surface area contributed by atoms with Crippen LogP contribution >= 0.6 is 11.6 Å². The summed E-state index contributed by atoms with van der Waals surface area (Å²) in [5.74, 6) is -1.40. The van der Waals surface area contributed by atoms with Gasteiger partial charge in [-0.25, -0.2) is 8.78 Å². The molecule has 0 radical (unpaired) electrons. The number of nitrogens with one attached hydrogen (secondary N) is 3.